The lowest BCUT2D eigenvalue weighted by molar-refractivity contribution is 0.180. The summed E-state index contributed by atoms with van der Waals surface area (Å²) in [6.07, 6.45) is 1.46. The van der Waals surface area contributed by atoms with Gasteiger partial charge in [0.25, 0.3) is 0 Å². The van der Waals surface area contributed by atoms with Crippen molar-refractivity contribution in [2.75, 3.05) is 26.5 Å². The molecule has 2 aromatic carbocycles. The number of hydrogen-bond acceptors (Lipinski definition) is 4. The summed E-state index contributed by atoms with van der Waals surface area (Å²) in [5.74, 6) is 1.47. The van der Waals surface area contributed by atoms with E-state index in [0.717, 1.165) is 17.9 Å². The van der Waals surface area contributed by atoms with Crippen molar-refractivity contribution < 1.29 is 9.84 Å². The largest absolute Gasteiger partial charge is 0.497 e. The SMILES string of the molecule is CCNC(=NCc1ccc(C)cc1SC)NCC(O)c1ccc(OC)cc1. The Morgan fingerprint density at radius 2 is 1.93 bits per heavy atom. The first-order valence-corrected chi connectivity index (χ1v) is 10.3. The molecular weight excluding hydrogens is 358 g/mol. The normalized spacial score (nSPS) is 12.6. The quantitative estimate of drug-likeness (QED) is 0.367. The molecule has 0 aliphatic rings. The van der Waals surface area contributed by atoms with Gasteiger partial charge in [-0.3, -0.25) is 0 Å². The second-order valence-corrected chi connectivity index (χ2v) is 7.03. The van der Waals surface area contributed by atoms with E-state index in [4.69, 9.17) is 4.74 Å². The summed E-state index contributed by atoms with van der Waals surface area (Å²) in [6, 6.07) is 13.8. The molecule has 0 bridgehead atoms. The van der Waals surface area contributed by atoms with Crippen LogP contribution in [0.3, 0.4) is 0 Å². The van der Waals surface area contributed by atoms with E-state index in [9.17, 15) is 5.11 Å². The molecule has 0 saturated carbocycles. The molecule has 0 aliphatic carbocycles. The smallest absolute Gasteiger partial charge is 0.191 e. The second kappa shape index (κ2) is 10.8. The van der Waals surface area contributed by atoms with Crippen molar-refractivity contribution in [1.82, 2.24) is 10.6 Å². The van der Waals surface area contributed by atoms with Crippen LogP contribution in [0.1, 0.15) is 29.7 Å². The summed E-state index contributed by atoms with van der Waals surface area (Å²) in [5, 5.41) is 16.9. The average molecular weight is 388 g/mol. The van der Waals surface area contributed by atoms with Crippen molar-refractivity contribution in [3.63, 3.8) is 0 Å². The predicted octanol–water partition coefficient (Wildman–Crippen LogP) is 3.51. The van der Waals surface area contributed by atoms with E-state index in [0.29, 0.717) is 19.0 Å². The molecule has 0 spiro atoms. The molecule has 0 heterocycles. The molecule has 27 heavy (non-hydrogen) atoms. The molecule has 2 aromatic rings. The summed E-state index contributed by atoms with van der Waals surface area (Å²) in [7, 11) is 1.63. The zero-order valence-electron chi connectivity index (χ0n) is 16.5. The average Bonchev–Trinajstić information content (AvgIpc) is 2.70. The summed E-state index contributed by atoms with van der Waals surface area (Å²) in [5.41, 5.74) is 3.28. The fourth-order valence-corrected chi connectivity index (χ4v) is 3.32. The van der Waals surface area contributed by atoms with Crippen molar-refractivity contribution in [3.05, 3.63) is 59.2 Å². The van der Waals surface area contributed by atoms with Gasteiger partial charge in [0, 0.05) is 18.0 Å². The van der Waals surface area contributed by atoms with Crippen LogP contribution in [0.4, 0.5) is 0 Å². The highest BCUT2D eigenvalue weighted by Crippen LogP contribution is 2.22. The Bertz CT molecular complexity index is 748. The number of benzene rings is 2. The van der Waals surface area contributed by atoms with Crippen LogP contribution >= 0.6 is 11.8 Å². The summed E-state index contributed by atoms with van der Waals surface area (Å²) >= 11 is 1.73. The highest BCUT2D eigenvalue weighted by Gasteiger charge is 2.09. The molecule has 2 rings (SSSR count). The molecule has 0 fully saturated rings. The van der Waals surface area contributed by atoms with Gasteiger partial charge < -0.3 is 20.5 Å². The number of hydrogen-bond donors (Lipinski definition) is 3. The molecule has 3 N–H and O–H groups in total. The summed E-state index contributed by atoms with van der Waals surface area (Å²) in [6.45, 7) is 5.84. The van der Waals surface area contributed by atoms with Gasteiger partial charge in [-0.15, -0.1) is 11.8 Å². The maximum atomic E-state index is 10.4. The van der Waals surface area contributed by atoms with Crippen LogP contribution in [0.25, 0.3) is 0 Å². The lowest BCUT2D eigenvalue weighted by Crippen LogP contribution is -2.39. The molecule has 0 aromatic heterocycles. The topological polar surface area (TPSA) is 65.9 Å². The van der Waals surface area contributed by atoms with Crippen LogP contribution in [0, 0.1) is 6.92 Å². The van der Waals surface area contributed by atoms with E-state index >= 15 is 0 Å². The molecule has 146 valence electrons. The Kier molecular flexibility index (Phi) is 8.48. The van der Waals surface area contributed by atoms with E-state index in [1.54, 1.807) is 18.9 Å². The van der Waals surface area contributed by atoms with Crippen molar-refractivity contribution in [2.24, 2.45) is 4.99 Å². The second-order valence-electron chi connectivity index (χ2n) is 6.18. The number of thioether (sulfide) groups is 1. The van der Waals surface area contributed by atoms with Crippen molar-refractivity contribution >= 4 is 17.7 Å². The minimum atomic E-state index is -0.624. The Morgan fingerprint density at radius 3 is 2.56 bits per heavy atom. The van der Waals surface area contributed by atoms with E-state index < -0.39 is 6.10 Å². The highest BCUT2D eigenvalue weighted by molar-refractivity contribution is 7.98. The molecule has 6 heteroatoms. The number of aliphatic imine (C=N–C) groups is 1. The summed E-state index contributed by atoms with van der Waals surface area (Å²) in [4.78, 5) is 5.91. The standard InChI is InChI=1S/C21H29N3O2S/c1-5-22-21(23-13-17-7-6-15(2)12-20(17)27-4)24-14-19(25)16-8-10-18(26-3)11-9-16/h6-12,19,25H,5,13-14H2,1-4H3,(H2,22,23,24). The van der Waals surface area contributed by atoms with Gasteiger partial charge in [0.1, 0.15) is 5.75 Å². The van der Waals surface area contributed by atoms with E-state index in [1.165, 1.54) is 16.0 Å². The first kappa shape index (κ1) is 21.1. The van der Waals surface area contributed by atoms with Crippen molar-refractivity contribution in [2.45, 2.75) is 31.4 Å². The first-order chi connectivity index (χ1) is 13.1. The van der Waals surface area contributed by atoms with Crippen LogP contribution in [0.2, 0.25) is 0 Å². The number of aliphatic hydroxyl groups is 1. The zero-order chi connectivity index (χ0) is 19.6. The van der Waals surface area contributed by atoms with Gasteiger partial charge in [-0.1, -0.05) is 24.3 Å². The molecular formula is C21H29N3O2S. The number of guanidine groups is 1. The number of aliphatic hydroxyl groups excluding tert-OH is 1. The van der Waals surface area contributed by atoms with E-state index in [2.05, 4.69) is 47.0 Å². The predicted molar refractivity (Wildman–Crippen MR) is 114 cm³/mol. The third-order valence-electron chi connectivity index (χ3n) is 4.16. The van der Waals surface area contributed by atoms with Crippen molar-refractivity contribution in [1.29, 1.82) is 0 Å². The lowest BCUT2D eigenvalue weighted by Gasteiger charge is -2.16. The fraction of sp³-hybridized carbons (Fsp3) is 0.381. The molecule has 0 aliphatic heterocycles. The Balaban J connectivity index is 2.00. The molecule has 0 radical (unpaired) electrons. The number of rotatable bonds is 8. The van der Waals surface area contributed by atoms with Gasteiger partial charge in [0.05, 0.1) is 19.8 Å². The van der Waals surface area contributed by atoms with Gasteiger partial charge >= 0.3 is 0 Å². The number of ether oxygens (including phenoxy) is 1. The van der Waals surface area contributed by atoms with Gasteiger partial charge in [0.15, 0.2) is 5.96 Å². The number of nitrogens with zero attached hydrogens (tertiary/aromatic N) is 1. The van der Waals surface area contributed by atoms with Crippen LogP contribution in [-0.4, -0.2) is 37.5 Å². The minimum absolute atomic E-state index is 0.376. The highest BCUT2D eigenvalue weighted by atomic mass is 32.2. The van der Waals surface area contributed by atoms with Gasteiger partial charge in [-0.25, -0.2) is 4.99 Å². The van der Waals surface area contributed by atoms with Gasteiger partial charge in [0.2, 0.25) is 0 Å². The number of nitrogens with one attached hydrogen (secondary N) is 2. The van der Waals surface area contributed by atoms with Crippen LogP contribution in [-0.2, 0) is 6.54 Å². The van der Waals surface area contributed by atoms with Gasteiger partial charge in [-0.2, -0.15) is 0 Å². The lowest BCUT2D eigenvalue weighted by atomic mass is 10.1. The molecule has 0 saturated heterocycles. The summed E-state index contributed by atoms with van der Waals surface area (Å²) < 4.78 is 5.15. The Hall–Kier alpha value is -2.18. The third-order valence-corrected chi connectivity index (χ3v) is 4.98. The molecule has 1 unspecified atom stereocenters. The monoisotopic (exact) mass is 387 g/mol. The van der Waals surface area contributed by atoms with Crippen LogP contribution in [0.5, 0.6) is 5.75 Å². The van der Waals surface area contributed by atoms with E-state index in [-0.39, 0.29) is 0 Å². The number of methoxy groups -OCH3 is 1. The maximum absolute atomic E-state index is 10.4. The maximum Gasteiger partial charge on any atom is 0.191 e. The molecule has 1 atom stereocenters. The van der Waals surface area contributed by atoms with Crippen molar-refractivity contribution in [3.8, 4) is 5.75 Å². The third kappa shape index (κ3) is 6.48. The molecule has 5 nitrogen and oxygen atoms in total. The Labute approximate surface area is 166 Å². The fourth-order valence-electron chi connectivity index (χ4n) is 2.63. The molecule has 0 amide bonds. The first-order valence-electron chi connectivity index (χ1n) is 9.05. The minimum Gasteiger partial charge on any atom is -0.497 e. The van der Waals surface area contributed by atoms with Crippen LogP contribution in [0.15, 0.2) is 52.4 Å². The Morgan fingerprint density at radius 1 is 1.19 bits per heavy atom. The zero-order valence-corrected chi connectivity index (χ0v) is 17.3. The number of aryl methyl sites for hydroxylation is 1. The van der Waals surface area contributed by atoms with E-state index in [1.807, 2.05) is 31.2 Å². The van der Waals surface area contributed by atoms with Gasteiger partial charge in [-0.05, 0) is 55.0 Å². The van der Waals surface area contributed by atoms with Crippen LogP contribution < -0.4 is 15.4 Å².